The average Bonchev–Trinajstić information content (AvgIpc) is 3.09. The van der Waals surface area contributed by atoms with Crippen LogP contribution in [0.5, 0.6) is 0 Å². The van der Waals surface area contributed by atoms with Crippen molar-refractivity contribution < 1.29 is 9.53 Å². The van der Waals surface area contributed by atoms with Crippen LogP contribution >= 0.6 is 0 Å². The number of aromatic amines is 1. The largest absolute Gasteiger partial charge is 0.384 e. The molecule has 3 N–H and O–H groups in total. The quantitative estimate of drug-likeness (QED) is 0.744. The van der Waals surface area contributed by atoms with Crippen LogP contribution in [-0.4, -0.2) is 49.5 Å². The number of fused-ring (bicyclic) bond motifs is 1. The number of carbonyl (C=O) groups is 1. The molecule has 1 aromatic rings. The lowest BCUT2D eigenvalue weighted by atomic mass is 9.79. The molecule has 1 saturated heterocycles. The lowest BCUT2D eigenvalue weighted by molar-refractivity contribution is 0.0510. The van der Waals surface area contributed by atoms with Gasteiger partial charge in [0, 0.05) is 30.3 Å². The highest BCUT2D eigenvalue weighted by molar-refractivity contribution is 5.94. The molecular formula is C15H24N4O2. The summed E-state index contributed by atoms with van der Waals surface area (Å²) in [5, 5.41) is 13.6. The fourth-order valence-electron chi connectivity index (χ4n) is 3.49. The minimum Gasteiger partial charge on any atom is -0.384 e. The van der Waals surface area contributed by atoms with Gasteiger partial charge in [0.25, 0.3) is 5.91 Å². The Morgan fingerprint density at radius 2 is 2.19 bits per heavy atom. The Bertz CT molecular complexity index is 500. The minimum absolute atomic E-state index is 0.0507. The molecule has 0 unspecified atom stereocenters. The summed E-state index contributed by atoms with van der Waals surface area (Å²) in [7, 11) is 1.73. The van der Waals surface area contributed by atoms with E-state index < -0.39 is 0 Å². The number of carbonyl (C=O) groups excluding carboxylic acids is 1. The molecule has 2 heterocycles. The summed E-state index contributed by atoms with van der Waals surface area (Å²) in [5.41, 5.74) is 2.88. The molecular weight excluding hydrogens is 268 g/mol. The highest BCUT2D eigenvalue weighted by Gasteiger charge is 2.33. The highest BCUT2D eigenvalue weighted by atomic mass is 16.5. The summed E-state index contributed by atoms with van der Waals surface area (Å²) >= 11 is 0. The van der Waals surface area contributed by atoms with Gasteiger partial charge in [0.1, 0.15) is 0 Å². The van der Waals surface area contributed by atoms with Gasteiger partial charge in [-0.2, -0.15) is 5.10 Å². The van der Waals surface area contributed by atoms with Gasteiger partial charge in [0.05, 0.1) is 6.61 Å². The fourth-order valence-corrected chi connectivity index (χ4v) is 3.49. The molecule has 1 fully saturated rings. The molecule has 6 nitrogen and oxygen atoms in total. The number of piperidine rings is 1. The van der Waals surface area contributed by atoms with Crippen LogP contribution in [0.4, 0.5) is 0 Å². The number of methoxy groups -OCH3 is 1. The van der Waals surface area contributed by atoms with Crippen LogP contribution in [0.2, 0.25) is 0 Å². The van der Waals surface area contributed by atoms with Crippen molar-refractivity contribution in [2.45, 2.75) is 32.1 Å². The lowest BCUT2D eigenvalue weighted by Gasteiger charge is -2.37. The monoisotopic (exact) mass is 292 g/mol. The summed E-state index contributed by atoms with van der Waals surface area (Å²) in [6, 6.07) is 0. The molecule has 0 aromatic carbocycles. The van der Waals surface area contributed by atoms with Gasteiger partial charge in [-0.1, -0.05) is 0 Å². The average molecular weight is 292 g/mol. The molecule has 1 amide bonds. The summed E-state index contributed by atoms with van der Waals surface area (Å²) in [5.74, 6) is -0.0524. The molecule has 2 aliphatic rings. The van der Waals surface area contributed by atoms with E-state index in [9.17, 15) is 4.79 Å². The van der Waals surface area contributed by atoms with Crippen molar-refractivity contribution in [1.82, 2.24) is 20.8 Å². The van der Waals surface area contributed by atoms with Crippen molar-refractivity contribution in [2.24, 2.45) is 5.41 Å². The van der Waals surface area contributed by atoms with Crippen LogP contribution in [0.1, 0.15) is 41.0 Å². The van der Waals surface area contributed by atoms with Crippen molar-refractivity contribution in [2.75, 3.05) is 33.4 Å². The van der Waals surface area contributed by atoms with Crippen LogP contribution in [0.25, 0.3) is 0 Å². The molecule has 6 heteroatoms. The zero-order chi connectivity index (χ0) is 14.7. The number of hydrogen-bond acceptors (Lipinski definition) is 4. The summed E-state index contributed by atoms with van der Waals surface area (Å²) in [6.07, 6.45) is 5.14. The zero-order valence-electron chi connectivity index (χ0n) is 12.6. The smallest absolute Gasteiger partial charge is 0.272 e. The second kappa shape index (κ2) is 6.15. The lowest BCUT2D eigenvalue weighted by Crippen LogP contribution is -2.47. The van der Waals surface area contributed by atoms with Crippen molar-refractivity contribution in [3.63, 3.8) is 0 Å². The molecule has 21 heavy (non-hydrogen) atoms. The van der Waals surface area contributed by atoms with Crippen LogP contribution in [-0.2, 0) is 17.6 Å². The summed E-state index contributed by atoms with van der Waals surface area (Å²) in [4.78, 5) is 12.4. The number of H-pyrrole nitrogens is 1. The van der Waals surface area contributed by atoms with Gasteiger partial charge in [0.15, 0.2) is 5.69 Å². The Balaban J connectivity index is 1.64. The van der Waals surface area contributed by atoms with E-state index in [0.29, 0.717) is 18.8 Å². The van der Waals surface area contributed by atoms with E-state index in [4.69, 9.17) is 4.74 Å². The highest BCUT2D eigenvalue weighted by Crippen LogP contribution is 2.28. The molecule has 0 saturated carbocycles. The summed E-state index contributed by atoms with van der Waals surface area (Å²) < 4.78 is 5.38. The van der Waals surface area contributed by atoms with E-state index in [1.807, 2.05) is 0 Å². The molecule has 0 spiro atoms. The number of nitrogens with zero attached hydrogens (tertiary/aromatic N) is 1. The maximum absolute atomic E-state index is 12.4. The van der Waals surface area contributed by atoms with Gasteiger partial charge in [-0.25, -0.2) is 0 Å². The van der Waals surface area contributed by atoms with Gasteiger partial charge < -0.3 is 15.4 Å². The first kappa shape index (κ1) is 14.5. The van der Waals surface area contributed by atoms with Gasteiger partial charge in [-0.3, -0.25) is 9.89 Å². The van der Waals surface area contributed by atoms with E-state index in [1.54, 1.807) is 7.11 Å². The van der Waals surface area contributed by atoms with E-state index in [1.165, 1.54) is 0 Å². The molecule has 1 aliphatic carbocycles. The van der Waals surface area contributed by atoms with Gasteiger partial charge in [-0.05, 0) is 45.2 Å². The Morgan fingerprint density at radius 1 is 1.38 bits per heavy atom. The van der Waals surface area contributed by atoms with Crippen molar-refractivity contribution in [3.05, 3.63) is 17.0 Å². The van der Waals surface area contributed by atoms with Gasteiger partial charge in [-0.15, -0.1) is 0 Å². The van der Waals surface area contributed by atoms with E-state index in [0.717, 1.165) is 56.5 Å². The third kappa shape index (κ3) is 2.96. The first-order valence-electron chi connectivity index (χ1n) is 7.78. The molecule has 0 atom stereocenters. The maximum atomic E-state index is 12.4. The van der Waals surface area contributed by atoms with E-state index in [2.05, 4.69) is 20.8 Å². The Hall–Kier alpha value is -1.40. The number of rotatable bonds is 5. The second-order valence-corrected chi connectivity index (χ2v) is 6.25. The van der Waals surface area contributed by atoms with Crippen LogP contribution in [0, 0.1) is 5.41 Å². The molecule has 116 valence electrons. The third-order valence-electron chi connectivity index (χ3n) is 4.76. The number of ether oxygens (including phenoxy) is 1. The van der Waals surface area contributed by atoms with Crippen molar-refractivity contribution in [1.29, 1.82) is 0 Å². The topological polar surface area (TPSA) is 79.0 Å². The molecule has 0 bridgehead atoms. The number of amides is 1. The van der Waals surface area contributed by atoms with Crippen LogP contribution < -0.4 is 10.6 Å². The number of aryl methyl sites for hydroxylation is 1. The second-order valence-electron chi connectivity index (χ2n) is 6.25. The number of aromatic nitrogens is 2. The van der Waals surface area contributed by atoms with Gasteiger partial charge in [0.2, 0.25) is 0 Å². The van der Waals surface area contributed by atoms with Crippen LogP contribution in [0.3, 0.4) is 0 Å². The molecule has 1 aliphatic heterocycles. The molecule has 1 aromatic heterocycles. The Kier molecular flexibility index (Phi) is 4.26. The number of hydrogen-bond donors (Lipinski definition) is 3. The Labute approximate surface area is 125 Å². The predicted octanol–water partition coefficient (Wildman–Crippen LogP) is 0.644. The Morgan fingerprint density at radius 3 is 2.95 bits per heavy atom. The predicted molar refractivity (Wildman–Crippen MR) is 79.4 cm³/mol. The zero-order valence-corrected chi connectivity index (χ0v) is 12.6. The molecule has 3 rings (SSSR count). The summed E-state index contributed by atoms with van der Waals surface area (Å²) in [6.45, 7) is 3.31. The number of nitrogens with one attached hydrogen (secondary N) is 3. The van der Waals surface area contributed by atoms with Gasteiger partial charge >= 0.3 is 0 Å². The first-order valence-corrected chi connectivity index (χ1v) is 7.78. The standard InChI is InChI=1S/C15H24N4O2/c1-21-10-15(5-7-16-8-6-15)9-17-14(20)13-11-3-2-4-12(11)18-19-13/h16H,2-10H2,1H3,(H,17,20)(H,18,19). The normalized spacial score (nSPS) is 20.2. The minimum atomic E-state index is -0.0524. The van der Waals surface area contributed by atoms with E-state index in [-0.39, 0.29) is 11.3 Å². The van der Waals surface area contributed by atoms with E-state index >= 15 is 0 Å². The van der Waals surface area contributed by atoms with Crippen LogP contribution in [0.15, 0.2) is 0 Å². The van der Waals surface area contributed by atoms with Crippen molar-refractivity contribution >= 4 is 5.91 Å². The molecule has 0 radical (unpaired) electrons. The first-order chi connectivity index (χ1) is 10.2. The SMILES string of the molecule is COCC1(CNC(=O)c2n[nH]c3c2CCC3)CCNCC1. The maximum Gasteiger partial charge on any atom is 0.272 e. The fraction of sp³-hybridized carbons (Fsp3) is 0.733. The van der Waals surface area contributed by atoms with Crippen molar-refractivity contribution in [3.8, 4) is 0 Å². The third-order valence-corrected chi connectivity index (χ3v) is 4.76.